The van der Waals surface area contributed by atoms with Gasteiger partial charge in [0.1, 0.15) is 0 Å². The molecule has 110 valence electrons. The van der Waals surface area contributed by atoms with Crippen molar-refractivity contribution in [3.63, 3.8) is 0 Å². The third kappa shape index (κ3) is 3.60. The first-order valence-corrected chi connectivity index (χ1v) is 8.20. The highest BCUT2D eigenvalue weighted by atomic mass is 35.5. The van der Waals surface area contributed by atoms with Crippen molar-refractivity contribution in [1.82, 2.24) is 5.32 Å². The monoisotopic (exact) mass is 319 g/mol. The van der Waals surface area contributed by atoms with Gasteiger partial charge in [-0.2, -0.15) is 0 Å². The molecule has 0 aliphatic carbocycles. The van der Waals surface area contributed by atoms with Crippen LogP contribution >= 0.6 is 23.2 Å². The number of hydrogen-bond donors (Lipinski definition) is 1. The first kappa shape index (κ1) is 14.9. The van der Waals surface area contributed by atoms with Gasteiger partial charge in [0.2, 0.25) is 0 Å². The summed E-state index contributed by atoms with van der Waals surface area (Å²) < 4.78 is 0. The lowest BCUT2D eigenvalue weighted by atomic mass is 9.89. The summed E-state index contributed by atoms with van der Waals surface area (Å²) in [4.78, 5) is 0. The Morgan fingerprint density at radius 1 is 0.905 bits per heavy atom. The van der Waals surface area contributed by atoms with Gasteiger partial charge >= 0.3 is 0 Å². The molecule has 0 amide bonds. The van der Waals surface area contributed by atoms with E-state index in [4.69, 9.17) is 23.2 Å². The quantitative estimate of drug-likeness (QED) is 0.857. The maximum Gasteiger partial charge on any atom is 0.0453 e. The van der Waals surface area contributed by atoms with Crippen molar-refractivity contribution in [3.8, 4) is 0 Å². The van der Waals surface area contributed by atoms with E-state index in [0.29, 0.717) is 12.0 Å². The van der Waals surface area contributed by atoms with Gasteiger partial charge in [0.05, 0.1) is 0 Å². The molecule has 1 N–H and O–H groups in total. The topological polar surface area (TPSA) is 12.0 Å². The SMILES string of the molecule is Clc1cccc(Cl)c1CC1NCCC1Cc1ccccc1. The van der Waals surface area contributed by atoms with Crippen molar-refractivity contribution in [3.05, 3.63) is 69.7 Å². The van der Waals surface area contributed by atoms with Crippen molar-refractivity contribution in [1.29, 1.82) is 0 Å². The molecule has 1 aliphatic heterocycles. The van der Waals surface area contributed by atoms with Gasteiger partial charge in [-0.3, -0.25) is 0 Å². The second kappa shape index (κ2) is 6.83. The molecule has 1 heterocycles. The molecule has 2 unspecified atom stereocenters. The van der Waals surface area contributed by atoms with Crippen LogP contribution in [0.1, 0.15) is 17.5 Å². The zero-order chi connectivity index (χ0) is 14.7. The van der Waals surface area contributed by atoms with Crippen LogP contribution in [0.2, 0.25) is 10.0 Å². The molecule has 0 aromatic heterocycles. The van der Waals surface area contributed by atoms with E-state index in [0.717, 1.165) is 35.0 Å². The molecular formula is C18H19Cl2N. The fourth-order valence-electron chi connectivity index (χ4n) is 3.17. The molecule has 1 saturated heterocycles. The first-order chi connectivity index (χ1) is 10.2. The highest BCUT2D eigenvalue weighted by molar-refractivity contribution is 6.36. The summed E-state index contributed by atoms with van der Waals surface area (Å²) in [5.74, 6) is 0.639. The smallest absolute Gasteiger partial charge is 0.0453 e. The van der Waals surface area contributed by atoms with E-state index in [-0.39, 0.29) is 0 Å². The van der Waals surface area contributed by atoms with Crippen LogP contribution in [0.15, 0.2) is 48.5 Å². The molecule has 2 aromatic rings. The molecule has 2 aromatic carbocycles. The molecule has 0 saturated carbocycles. The molecule has 1 nitrogen and oxygen atoms in total. The molecule has 1 fully saturated rings. The zero-order valence-electron chi connectivity index (χ0n) is 11.9. The van der Waals surface area contributed by atoms with Gasteiger partial charge in [-0.1, -0.05) is 59.6 Å². The second-order valence-corrected chi connectivity index (χ2v) is 6.52. The van der Waals surface area contributed by atoms with Gasteiger partial charge < -0.3 is 5.32 Å². The third-order valence-corrected chi connectivity index (χ3v) is 5.03. The van der Waals surface area contributed by atoms with Gasteiger partial charge in [0.25, 0.3) is 0 Å². The summed E-state index contributed by atoms with van der Waals surface area (Å²) in [6.07, 6.45) is 3.22. The normalized spacial score (nSPS) is 21.6. The fourth-order valence-corrected chi connectivity index (χ4v) is 3.72. The Kier molecular flexibility index (Phi) is 4.84. The van der Waals surface area contributed by atoms with E-state index in [1.807, 2.05) is 18.2 Å². The Hall–Kier alpha value is -1.02. The molecule has 21 heavy (non-hydrogen) atoms. The van der Waals surface area contributed by atoms with Crippen molar-refractivity contribution < 1.29 is 0 Å². The van der Waals surface area contributed by atoms with Crippen molar-refractivity contribution in [2.24, 2.45) is 5.92 Å². The summed E-state index contributed by atoms with van der Waals surface area (Å²) in [7, 11) is 0. The van der Waals surface area contributed by atoms with Gasteiger partial charge in [0.15, 0.2) is 0 Å². The van der Waals surface area contributed by atoms with E-state index in [1.165, 1.54) is 12.0 Å². The van der Waals surface area contributed by atoms with Gasteiger partial charge in [-0.05, 0) is 55.0 Å². The zero-order valence-corrected chi connectivity index (χ0v) is 13.4. The predicted octanol–water partition coefficient (Wildman–Crippen LogP) is 4.76. The summed E-state index contributed by atoms with van der Waals surface area (Å²) in [6.45, 7) is 1.07. The Labute approximate surface area is 136 Å². The average Bonchev–Trinajstić information content (AvgIpc) is 2.91. The van der Waals surface area contributed by atoms with Gasteiger partial charge in [-0.15, -0.1) is 0 Å². The number of halogens is 2. The van der Waals surface area contributed by atoms with Crippen LogP contribution in [-0.2, 0) is 12.8 Å². The summed E-state index contributed by atoms with van der Waals surface area (Å²) in [5.41, 5.74) is 2.47. The van der Waals surface area contributed by atoms with Crippen LogP contribution in [0.25, 0.3) is 0 Å². The molecule has 3 rings (SSSR count). The van der Waals surface area contributed by atoms with E-state index in [9.17, 15) is 0 Å². The maximum absolute atomic E-state index is 6.30. The minimum Gasteiger partial charge on any atom is -0.313 e. The van der Waals surface area contributed by atoms with Crippen molar-refractivity contribution in [2.75, 3.05) is 6.54 Å². The summed E-state index contributed by atoms with van der Waals surface area (Å²) >= 11 is 12.6. The molecule has 0 spiro atoms. The number of nitrogens with one attached hydrogen (secondary N) is 1. The van der Waals surface area contributed by atoms with E-state index < -0.39 is 0 Å². The van der Waals surface area contributed by atoms with Crippen LogP contribution in [-0.4, -0.2) is 12.6 Å². The van der Waals surface area contributed by atoms with Crippen LogP contribution in [0, 0.1) is 5.92 Å². The lowest BCUT2D eigenvalue weighted by Crippen LogP contribution is -2.30. The average molecular weight is 320 g/mol. The van der Waals surface area contributed by atoms with Crippen molar-refractivity contribution in [2.45, 2.75) is 25.3 Å². The standard InChI is InChI=1S/C18H19Cl2N/c19-16-7-4-8-17(20)15(16)12-18-14(9-10-21-18)11-13-5-2-1-3-6-13/h1-8,14,18,21H,9-12H2. The fraction of sp³-hybridized carbons (Fsp3) is 0.333. The van der Waals surface area contributed by atoms with E-state index in [2.05, 4.69) is 35.6 Å². The lowest BCUT2D eigenvalue weighted by molar-refractivity contribution is 0.442. The summed E-state index contributed by atoms with van der Waals surface area (Å²) in [5, 5.41) is 5.16. The lowest BCUT2D eigenvalue weighted by Gasteiger charge is -2.21. The van der Waals surface area contributed by atoms with E-state index >= 15 is 0 Å². The van der Waals surface area contributed by atoms with Crippen molar-refractivity contribution >= 4 is 23.2 Å². The largest absolute Gasteiger partial charge is 0.313 e. The number of rotatable bonds is 4. The van der Waals surface area contributed by atoms with Crippen LogP contribution < -0.4 is 5.32 Å². The Morgan fingerprint density at radius 2 is 1.62 bits per heavy atom. The minimum atomic E-state index is 0.447. The van der Waals surface area contributed by atoms with Gasteiger partial charge in [0, 0.05) is 16.1 Å². The minimum absolute atomic E-state index is 0.447. The number of benzene rings is 2. The first-order valence-electron chi connectivity index (χ1n) is 7.44. The molecule has 3 heteroatoms. The molecule has 0 bridgehead atoms. The van der Waals surface area contributed by atoms with Crippen LogP contribution in [0.3, 0.4) is 0 Å². The third-order valence-electron chi connectivity index (χ3n) is 4.32. The molecule has 1 aliphatic rings. The highest BCUT2D eigenvalue weighted by Crippen LogP contribution is 2.30. The second-order valence-electron chi connectivity index (χ2n) is 5.70. The van der Waals surface area contributed by atoms with Crippen LogP contribution in [0.4, 0.5) is 0 Å². The Balaban J connectivity index is 1.73. The van der Waals surface area contributed by atoms with Crippen LogP contribution in [0.5, 0.6) is 0 Å². The summed E-state index contributed by atoms with van der Waals surface area (Å²) in [6, 6.07) is 16.9. The highest BCUT2D eigenvalue weighted by Gasteiger charge is 2.28. The van der Waals surface area contributed by atoms with E-state index in [1.54, 1.807) is 0 Å². The maximum atomic E-state index is 6.30. The molecular weight excluding hydrogens is 301 g/mol. The Bertz CT molecular complexity index is 577. The Morgan fingerprint density at radius 3 is 2.33 bits per heavy atom. The predicted molar refractivity (Wildman–Crippen MR) is 90.2 cm³/mol. The van der Waals surface area contributed by atoms with Gasteiger partial charge in [-0.25, -0.2) is 0 Å². The number of hydrogen-bond acceptors (Lipinski definition) is 1. The molecule has 0 radical (unpaired) electrons. The molecule has 2 atom stereocenters.